The van der Waals surface area contributed by atoms with Crippen LogP contribution >= 0.6 is 15.9 Å². The summed E-state index contributed by atoms with van der Waals surface area (Å²) in [7, 11) is 1.58. The largest absolute Gasteiger partial charge is 0.481 e. The molecule has 0 bridgehead atoms. The standard InChI is InChI=1S/C14H17BrN4O2/c1-9(2)19-14(20)13(15)11(8-18-19)17-7-10-4-5-16-12(6-10)21-3/h4-6,8-9,17H,7H2,1-3H3. The molecule has 2 heterocycles. The molecule has 1 N–H and O–H groups in total. The Hall–Kier alpha value is -1.89. The molecule has 7 heteroatoms. The highest BCUT2D eigenvalue weighted by Gasteiger charge is 2.10. The summed E-state index contributed by atoms with van der Waals surface area (Å²) in [5.74, 6) is 0.557. The molecule has 112 valence electrons. The van der Waals surface area contributed by atoms with E-state index in [0.717, 1.165) is 5.56 Å². The van der Waals surface area contributed by atoms with Gasteiger partial charge < -0.3 is 10.1 Å². The predicted molar refractivity (Wildman–Crippen MR) is 84.7 cm³/mol. The van der Waals surface area contributed by atoms with Crippen LogP contribution in [0.2, 0.25) is 0 Å². The van der Waals surface area contributed by atoms with Crippen LogP contribution in [0, 0.1) is 0 Å². The fourth-order valence-electron chi connectivity index (χ4n) is 1.81. The van der Waals surface area contributed by atoms with Crippen molar-refractivity contribution in [3.63, 3.8) is 0 Å². The van der Waals surface area contributed by atoms with Gasteiger partial charge >= 0.3 is 0 Å². The van der Waals surface area contributed by atoms with Crippen molar-refractivity contribution in [1.29, 1.82) is 0 Å². The van der Waals surface area contributed by atoms with Gasteiger partial charge in [-0.25, -0.2) is 9.67 Å². The second-order valence-corrected chi connectivity index (χ2v) is 5.57. The van der Waals surface area contributed by atoms with E-state index in [4.69, 9.17) is 4.74 Å². The molecule has 21 heavy (non-hydrogen) atoms. The summed E-state index contributed by atoms with van der Waals surface area (Å²) in [6, 6.07) is 3.74. The van der Waals surface area contributed by atoms with Gasteiger partial charge in [0, 0.05) is 18.8 Å². The highest BCUT2D eigenvalue weighted by molar-refractivity contribution is 9.10. The van der Waals surface area contributed by atoms with Gasteiger partial charge in [-0.2, -0.15) is 5.10 Å². The Labute approximate surface area is 131 Å². The molecule has 0 saturated heterocycles. The van der Waals surface area contributed by atoms with E-state index in [9.17, 15) is 4.79 Å². The molecule has 0 spiro atoms. The van der Waals surface area contributed by atoms with Crippen molar-refractivity contribution in [2.45, 2.75) is 26.4 Å². The van der Waals surface area contributed by atoms with E-state index in [-0.39, 0.29) is 11.6 Å². The molecule has 0 atom stereocenters. The number of halogens is 1. The van der Waals surface area contributed by atoms with Crippen LogP contribution in [-0.2, 0) is 6.54 Å². The van der Waals surface area contributed by atoms with Crippen LogP contribution in [0.5, 0.6) is 5.88 Å². The number of hydrogen-bond donors (Lipinski definition) is 1. The molecule has 0 aliphatic carbocycles. The Balaban J connectivity index is 2.17. The molecule has 2 aromatic rings. The number of anilines is 1. The third kappa shape index (κ3) is 3.60. The maximum Gasteiger partial charge on any atom is 0.283 e. The smallest absolute Gasteiger partial charge is 0.283 e. The zero-order valence-corrected chi connectivity index (χ0v) is 13.7. The van der Waals surface area contributed by atoms with Gasteiger partial charge in [0.25, 0.3) is 5.56 Å². The van der Waals surface area contributed by atoms with Crippen LogP contribution in [0.15, 0.2) is 33.8 Å². The minimum absolute atomic E-state index is 0.0207. The lowest BCUT2D eigenvalue weighted by Crippen LogP contribution is -2.26. The van der Waals surface area contributed by atoms with Crippen molar-refractivity contribution in [3.05, 3.63) is 44.9 Å². The minimum atomic E-state index is -0.151. The lowest BCUT2D eigenvalue weighted by Gasteiger charge is -2.12. The number of nitrogens with one attached hydrogen (secondary N) is 1. The van der Waals surface area contributed by atoms with Crippen molar-refractivity contribution in [1.82, 2.24) is 14.8 Å². The normalized spacial score (nSPS) is 10.7. The molecule has 0 saturated carbocycles. The first-order valence-corrected chi connectivity index (χ1v) is 7.32. The molecular formula is C14H17BrN4O2. The van der Waals surface area contributed by atoms with Crippen LogP contribution < -0.4 is 15.6 Å². The summed E-state index contributed by atoms with van der Waals surface area (Å²) in [6.07, 6.45) is 3.32. The maximum absolute atomic E-state index is 12.1. The van der Waals surface area contributed by atoms with Gasteiger partial charge in [-0.3, -0.25) is 4.79 Å². The lowest BCUT2D eigenvalue weighted by atomic mass is 10.2. The number of aromatic nitrogens is 3. The first-order chi connectivity index (χ1) is 10.0. The van der Waals surface area contributed by atoms with Crippen molar-refractivity contribution < 1.29 is 4.74 Å². The van der Waals surface area contributed by atoms with Crippen LogP contribution in [0.1, 0.15) is 25.5 Å². The van der Waals surface area contributed by atoms with E-state index >= 15 is 0 Å². The van der Waals surface area contributed by atoms with Gasteiger partial charge in [0.05, 0.1) is 25.0 Å². The summed E-state index contributed by atoms with van der Waals surface area (Å²) in [5.41, 5.74) is 1.51. The van der Waals surface area contributed by atoms with E-state index in [2.05, 4.69) is 31.3 Å². The third-order valence-electron chi connectivity index (χ3n) is 2.92. The highest BCUT2D eigenvalue weighted by Crippen LogP contribution is 2.18. The maximum atomic E-state index is 12.1. The fraction of sp³-hybridized carbons (Fsp3) is 0.357. The molecule has 2 aromatic heterocycles. The number of ether oxygens (including phenoxy) is 1. The monoisotopic (exact) mass is 352 g/mol. The number of methoxy groups -OCH3 is 1. The lowest BCUT2D eigenvalue weighted by molar-refractivity contribution is 0.397. The summed E-state index contributed by atoms with van der Waals surface area (Å²) in [5, 5.41) is 7.34. The molecule has 0 unspecified atom stereocenters. The highest BCUT2D eigenvalue weighted by atomic mass is 79.9. The molecule has 0 aromatic carbocycles. The molecule has 0 aliphatic rings. The average Bonchev–Trinajstić information content (AvgIpc) is 2.48. The van der Waals surface area contributed by atoms with Crippen LogP contribution in [0.4, 0.5) is 5.69 Å². The second-order valence-electron chi connectivity index (χ2n) is 4.78. The quantitative estimate of drug-likeness (QED) is 0.895. The number of pyridine rings is 1. The zero-order valence-electron chi connectivity index (χ0n) is 12.1. The summed E-state index contributed by atoms with van der Waals surface area (Å²) >= 11 is 3.33. The van der Waals surface area contributed by atoms with Crippen molar-refractivity contribution in [2.75, 3.05) is 12.4 Å². The SMILES string of the molecule is COc1cc(CNc2cnn(C(C)C)c(=O)c2Br)ccn1. The van der Waals surface area contributed by atoms with Gasteiger partial charge in [-0.1, -0.05) is 0 Å². The first-order valence-electron chi connectivity index (χ1n) is 6.53. The van der Waals surface area contributed by atoms with E-state index < -0.39 is 0 Å². The molecule has 2 rings (SSSR count). The van der Waals surface area contributed by atoms with E-state index in [0.29, 0.717) is 22.6 Å². The Morgan fingerprint density at radius 2 is 2.24 bits per heavy atom. The third-order valence-corrected chi connectivity index (χ3v) is 3.69. The Morgan fingerprint density at radius 1 is 1.48 bits per heavy atom. The minimum Gasteiger partial charge on any atom is -0.481 e. The Morgan fingerprint density at radius 3 is 2.90 bits per heavy atom. The second kappa shape index (κ2) is 6.71. The van der Waals surface area contributed by atoms with Crippen LogP contribution in [0.25, 0.3) is 0 Å². The summed E-state index contributed by atoms with van der Waals surface area (Å²) < 4.78 is 6.99. The van der Waals surface area contributed by atoms with E-state index in [1.54, 1.807) is 19.5 Å². The number of rotatable bonds is 5. The predicted octanol–water partition coefficient (Wildman–Crippen LogP) is 2.60. The van der Waals surface area contributed by atoms with Crippen molar-refractivity contribution in [3.8, 4) is 5.88 Å². The van der Waals surface area contributed by atoms with Gasteiger partial charge in [0.1, 0.15) is 4.47 Å². The first kappa shape index (κ1) is 15.5. The van der Waals surface area contributed by atoms with E-state index in [1.807, 2.05) is 26.0 Å². The van der Waals surface area contributed by atoms with Gasteiger partial charge in [0.15, 0.2) is 0 Å². The fourth-order valence-corrected chi connectivity index (χ4v) is 2.23. The summed E-state index contributed by atoms with van der Waals surface area (Å²) in [4.78, 5) is 16.2. The van der Waals surface area contributed by atoms with E-state index in [1.165, 1.54) is 4.68 Å². The van der Waals surface area contributed by atoms with Crippen LogP contribution in [-0.4, -0.2) is 21.9 Å². The summed E-state index contributed by atoms with van der Waals surface area (Å²) in [6.45, 7) is 4.37. The number of hydrogen-bond acceptors (Lipinski definition) is 5. The van der Waals surface area contributed by atoms with Gasteiger partial charge in [0.2, 0.25) is 5.88 Å². The molecule has 0 fully saturated rings. The molecule has 0 radical (unpaired) electrons. The van der Waals surface area contributed by atoms with Crippen LogP contribution in [0.3, 0.4) is 0 Å². The number of nitrogens with zero attached hydrogens (tertiary/aromatic N) is 3. The van der Waals surface area contributed by atoms with Gasteiger partial charge in [-0.15, -0.1) is 0 Å². The zero-order chi connectivity index (χ0) is 15.4. The van der Waals surface area contributed by atoms with Gasteiger partial charge in [-0.05, 0) is 41.4 Å². The molecule has 0 amide bonds. The Bertz CT molecular complexity index is 685. The topological polar surface area (TPSA) is 69.0 Å². The van der Waals surface area contributed by atoms with Crippen molar-refractivity contribution >= 4 is 21.6 Å². The molecule has 0 aliphatic heterocycles. The molecular weight excluding hydrogens is 336 g/mol. The Kier molecular flexibility index (Phi) is 4.95. The average molecular weight is 353 g/mol. The molecule has 6 nitrogen and oxygen atoms in total. The van der Waals surface area contributed by atoms with Crippen molar-refractivity contribution in [2.24, 2.45) is 0 Å².